The first-order valence-electron chi connectivity index (χ1n) is 4.52. The van der Waals surface area contributed by atoms with Gasteiger partial charge < -0.3 is 5.73 Å². The maximum Gasteiger partial charge on any atom is 0.265 e. The highest BCUT2D eigenvalue weighted by Gasteiger charge is 2.32. The zero-order valence-electron chi connectivity index (χ0n) is 8.11. The first-order chi connectivity index (χ1) is 7.58. The molecule has 82 valence electrons. The van der Waals surface area contributed by atoms with Gasteiger partial charge in [0.1, 0.15) is 11.7 Å². The second-order valence-electron chi connectivity index (χ2n) is 3.31. The number of nitrogens with zero attached hydrogens (tertiary/aromatic N) is 1. The lowest BCUT2D eigenvalue weighted by Gasteiger charge is -2.18. The highest BCUT2D eigenvalue weighted by Crippen LogP contribution is 2.20. The molecule has 0 aliphatic carbocycles. The van der Waals surface area contributed by atoms with E-state index in [0.29, 0.717) is 0 Å². The van der Waals surface area contributed by atoms with Crippen LogP contribution in [0.2, 0.25) is 0 Å². The van der Waals surface area contributed by atoms with E-state index in [2.05, 4.69) is 10.3 Å². The number of carbonyl (C=O) groups excluding carboxylic acids is 2. The number of hydrogen-bond donors (Lipinski definition) is 2. The Balaban J connectivity index is 2.41. The summed E-state index contributed by atoms with van der Waals surface area (Å²) in [5, 5.41) is 2.22. The molecule has 1 atom stereocenters. The Bertz CT molecular complexity index is 499. The molecule has 2 rings (SSSR count). The van der Waals surface area contributed by atoms with Crippen LogP contribution in [0.1, 0.15) is 11.5 Å². The fraction of sp³-hybridized carbons (Fsp3) is 0.100. The molecule has 6 heteroatoms. The molecule has 0 bridgehead atoms. The monoisotopic (exact) mass is 221 g/mol. The van der Waals surface area contributed by atoms with Crippen LogP contribution in [0.5, 0.6) is 0 Å². The van der Waals surface area contributed by atoms with Crippen molar-refractivity contribution in [3.63, 3.8) is 0 Å². The number of aliphatic imine (C=N–C) groups is 1. The predicted molar refractivity (Wildman–Crippen MR) is 53.9 cm³/mol. The molecule has 1 aliphatic heterocycles. The lowest BCUT2D eigenvalue weighted by molar-refractivity contribution is -0.129. The number of nitrogens with one attached hydrogen (secondary N) is 1. The largest absolute Gasteiger partial charge is 0.369 e. The van der Waals surface area contributed by atoms with Crippen LogP contribution in [0.15, 0.2) is 29.3 Å². The van der Waals surface area contributed by atoms with Crippen LogP contribution in [0, 0.1) is 5.82 Å². The van der Waals surface area contributed by atoms with Gasteiger partial charge in [-0.1, -0.05) is 12.1 Å². The molecule has 0 saturated carbocycles. The van der Waals surface area contributed by atoms with Crippen LogP contribution in [-0.4, -0.2) is 17.8 Å². The minimum atomic E-state index is -1.12. The van der Waals surface area contributed by atoms with E-state index in [9.17, 15) is 14.0 Å². The van der Waals surface area contributed by atoms with E-state index in [1.165, 1.54) is 18.2 Å². The van der Waals surface area contributed by atoms with Gasteiger partial charge in [0, 0.05) is 0 Å². The third-order valence-corrected chi connectivity index (χ3v) is 2.17. The molecule has 1 unspecified atom stereocenters. The summed E-state index contributed by atoms with van der Waals surface area (Å²) < 4.78 is 12.9. The number of rotatable bonds is 1. The second-order valence-corrected chi connectivity index (χ2v) is 3.31. The number of nitrogens with two attached hydrogens (primary N) is 1. The van der Waals surface area contributed by atoms with Gasteiger partial charge in [0.05, 0.1) is 0 Å². The van der Waals surface area contributed by atoms with E-state index in [1.807, 2.05) is 0 Å². The average Bonchev–Trinajstić information content (AvgIpc) is 2.15. The van der Waals surface area contributed by atoms with Crippen LogP contribution < -0.4 is 11.1 Å². The highest BCUT2D eigenvalue weighted by atomic mass is 19.1. The van der Waals surface area contributed by atoms with Crippen molar-refractivity contribution in [2.45, 2.75) is 5.92 Å². The Morgan fingerprint density at radius 2 is 2.12 bits per heavy atom. The van der Waals surface area contributed by atoms with Crippen molar-refractivity contribution in [2.75, 3.05) is 0 Å². The first kappa shape index (κ1) is 10.3. The van der Waals surface area contributed by atoms with Crippen molar-refractivity contribution in [3.05, 3.63) is 35.6 Å². The highest BCUT2D eigenvalue weighted by molar-refractivity contribution is 6.18. The maximum atomic E-state index is 12.9. The van der Waals surface area contributed by atoms with Gasteiger partial charge in [0.25, 0.3) is 5.91 Å². The lowest BCUT2D eigenvalue weighted by Crippen LogP contribution is -2.46. The average molecular weight is 221 g/mol. The summed E-state index contributed by atoms with van der Waals surface area (Å²) in [6.45, 7) is 0. The smallest absolute Gasteiger partial charge is 0.265 e. The molecule has 1 heterocycles. The summed E-state index contributed by atoms with van der Waals surface area (Å²) in [7, 11) is 0. The Morgan fingerprint density at radius 3 is 2.75 bits per heavy atom. The van der Waals surface area contributed by atoms with Crippen LogP contribution in [0.25, 0.3) is 0 Å². The Labute approximate surface area is 90.2 Å². The second kappa shape index (κ2) is 3.73. The molecule has 2 amide bonds. The molecular formula is C10H8FN3O2. The molecular weight excluding hydrogens is 213 g/mol. The Kier molecular flexibility index (Phi) is 2.40. The molecule has 5 nitrogen and oxygen atoms in total. The Morgan fingerprint density at radius 1 is 1.38 bits per heavy atom. The van der Waals surface area contributed by atoms with Crippen molar-refractivity contribution < 1.29 is 14.0 Å². The molecule has 0 spiro atoms. The van der Waals surface area contributed by atoms with E-state index in [0.717, 1.165) is 6.07 Å². The molecule has 3 N–H and O–H groups in total. The Hall–Kier alpha value is -2.24. The zero-order valence-corrected chi connectivity index (χ0v) is 8.11. The molecule has 0 fully saturated rings. The van der Waals surface area contributed by atoms with Gasteiger partial charge >= 0.3 is 0 Å². The summed E-state index contributed by atoms with van der Waals surface area (Å²) in [5.74, 6) is -3.15. The number of guanidine groups is 1. The summed E-state index contributed by atoms with van der Waals surface area (Å²) >= 11 is 0. The van der Waals surface area contributed by atoms with Crippen LogP contribution >= 0.6 is 0 Å². The van der Waals surface area contributed by atoms with Gasteiger partial charge in [0.2, 0.25) is 11.9 Å². The minimum Gasteiger partial charge on any atom is -0.369 e. The number of amides is 2. The number of hydrogen-bond acceptors (Lipinski definition) is 3. The van der Waals surface area contributed by atoms with Crippen molar-refractivity contribution >= 4 is 17.8 Å². The van der Waals surface area contributed by atoms with Gasteiger partial charge in [0.15, 0.2) is 0 Å². The molecule has 0 saturated heterocycles. The molecule has 1 aromatic carbocycles. The van der Waals surface area contributed by atoms with Gasteiger partial charge in [-0.2, -0.15) is 4.99 Å². The minimum absolute atomic E-state index is 0.234. The molecule has 0 radical (unpaired) electrons. The van der Waals surface area contributed by atoms with Gasteiger partial charge in [-0.15, -0.1) is 0 Å². The van der Waals surface area contributed by atoms with E-state index < -0.39 is 23.5 Å². The van der Waals surface area contributed by atoms with E-state index in [1.54, 1.807) is 0 Å². The van der Waals surface area contributed by atoms with E-state index in [4.69, 9.17) is 5.73 Å². The SMILES string of the molecule is NC1=NC(=O)C(c2cccc(F)c2)C(=O)N1. The molecule has 1 aromatic rings. The number of benzene rings is 1. The summed E-state index contributed by atoms with van der Waals surface area (Å²) in [4.78, 5) is 26.4. The number of halogens is 1. The van der Waals surface area contributed by atoms with Crippen molar-refractivity contribution in [1.29, 1.82) is 0 Å². The summed E-state index contributed by atoms with van der Waals surface area (Å²) in [6, 6.07) is 5.26. The van der Waals surface area contributed by atoms with Crippen molar-refractivity contribution in [3.8, 4) is 0 Å². The van der Waals surface area contributed by atoms with Gasteiger partial charge in [-0.05, 0) is 17.7 Å². The maximum absolute atomic E-state index is 12.9. The van der Waals surface area contributed by atoms with Crippen LogP contribution in [-0.2, 0) is 9.59 Å². The standard InChI is InChI=1S/C10H8FN3O2/c11-6-3-1-2-5(4-6)7-8(15)13-10(12)14-9(7)16/h1-4,7H,(H3,12,13,14,15,16). The first-order valence-corrected chi connectivity index (χ1v) is 4.52. The summed E-state index contributed by atoms with van der Waals surface area (Å²) in [5.41, 5.74) is 5.47. The van der Waals surface area contributed by atoms with Gasteiger partial charge in [-0.25, -0.2) is 4.39 Å². The van der Waals surface area contributed by atoms with E-state index >= 15 is 0 Å². The number of carbonyl (C=O) groups is 2. The van der Waals surface area contributed by atoms with E-state index in [-0.39, 0.29) is 11.5 Å². The zero-order chi connectivity index (χ0) is 11.7. The lowest BCUT2D eigenvalue weighted by atomic mass is 9.96. The molecule has 16 heavy (non-hydrogen) atoms. The van der Waals surface area contributed by atoms with Crippen LogP contribution in [0.3, 0.4) is 0 Å². The van der Waals surface area contributed by atoms with Crippen molar-refractivity contribution in [1.82, 2.24) is 5.32 Å². The third kappa shape index (κ3) is 1.77. The molecule has 1 aliphatic rings. The van der Waals surface area contributed by atoms with Crippen molar-refractivity contribution in [2.24, 2.45) is 10.7 Å². The van der Waals surface area contributed by atoms with Gasteiger partial charge in [-0.3, -0.25) is 14.9 Å². The molecule has 0 aromatic heterocycles. The normalized spacial score (nSPS) is 20.3. The predicted octanol–water partition coefficient (Wildman–Crippen LogP) is -0.120. The third-order valence-electron chi connectivity index (χ3n) is 2.17. The summed E-state index contributed by atoms with van der Waals surface area (Å²) in [6.07, 6.45) is 0. The fourth-order valence-electron chi connectivity index (χ4n) is 1.50. The quantitative estimate of drug-likeness (QED) is 0.648. The topological polar surface area (TPSA) is 84.5 Å². The van der Waals surface area contributed by atoms with Crippen LogP contribution in [0.4, 0.5) is 4.39 Å². The fourth-order valence-corrected chi connectivity index (χ4v) is 1.50.